The van der Waals surface area contributed by atoms with E-state index in [4.69, 9.17) is 9.47 Å². The smallest absolute Gasteiger partial charge is 0.124 e. The van der Waals surface area contributed by atoms with Crippen LogP contribution < -0.4 is 14.8 Å². The third-order valence-electron chi connectivity index (χ3n) is 3.19. The molecule has 0 aliphatic carbocycles. The molecule has 0 atom stereocenters. The van der Waals surface area contributed by atoms with Crippen LogP contribution in [-0.2, 0) is 6.54 Å². The second-order valence-corrected chi connectivity index (χ2v) is 4.91. The predicted octanol–water partition coefficient (Wildman–Crippen LogP) is 3.93. The molecule has 0 bridgehead atoms. The molecule has 2 rings (SSSR count). The fourth-order valence-electron chi connectivity index (χ4n) is 2.29. The summed E-state index contributed by atoms with van der Waals surface area (Å²) in [6, 6.07) is 12.3. The molecular weight excluding hydrogens is 250 g/mol. The van der Waals surface area contributed by atoms with Crippen LogP contribution in [0.2, 0.25) is 0 Å². The van der Waals surface area contributed by atoms with Crippen molar-refractivity contribution in [2.45, 2.75) is 20.4 Å². The zero-order chi connectivity index (χ0) is 14.5. The molecule has 0 aliphatic rings. The van der Waals surface area contributed by atoms with Gasteiger partial charge in [-0.25, -0.2) is 0 Å². The van der Waals surface area contributed by atoms with Gasteiger partial charge in [0.25, 0.3) is 0 Å². The van der Waals surface area contributed by atoms with E-state index in [0.29, 0.717) is 6.54 Å². The summed E-state index contributed by atoms with van der Waals surface area (Å²) in [6.07, 6.45) is 0. The molecule has 0 aromatic heterocycles. The maximum absolute atomic E-state index is 5.39. The Kier molecular flexibility index (Phi) is 4.51. The molecule has 0 amide bonds. The summed E-state index contributed by atoms with van der Waals surface area (Å²) in [6.45, 7) is 4.90. The third-order valence-corrected chi connectivity index (χ3v) is 3.19. The number of benzene rings is 2. The number of nitrogens with one attached hydrogen (secondary N) is 1. The molecule has 0 saturated carbocycles. The second kappa shape index (κ2) is 6.33. The van der Waals surface area contributed by atoms with Gasteiger partial charge in [-0.05, 0) is 55.3 Å². The lowest BCUT2D eigenvalue weighted by molar-refractivity contribution is 0.399. The van der Waals surface area contributed by atoms with Crippen LogP contribution in [0.25, 0.3) is 0 Å². The van der Waals surface area contributed by atoms with E-state index in [1.165, 1.54) is 11.1 Å². The SMILES string of the molecule is COc1ccc(OC)c(CNc2cc(C)cc(C)c2)c1. The summed E-state index contributed by atoms with van der Waals surface area (Å²) < 4.78 is 10.6. The molecule has 2 aromatic carbocycles. The number of ether oxygens (including phenoxy) is 2. The van der Waals surface area contributed by atoms with Gasteiger partial charge in [-0.15, -0.1) is 0 Å². The van der Waals surface area contributed by atoms with Crippen molar-refractivity contribution in [3.8, 4) is 11.5 Å². The highest BCUT2D eigenvalue weighted by Gasteiger charge is 2.05. The van der Waals surface area contributed by atoms with Gasteiger partial charge in [-0.1, -0.05) is 6.07 Å². The lowest BCUT2D eigenvalue weighted by Gasteiger charge is -2.13. The van der Waals surface area contributed by atoms with E-state index in [9.17, 15) is 0 Å². The van der Waals surface area contributed by atoms with E-state index in [1.807, 2.05) is 18.2 Å². The normalized spacial score (nSPS) is 10.2. The Labute approximate surface area is 120 Å². The van der Waals surface area contributed by atoms with Gasteiger partial charge >= 0.3 is 0 Å². The molecule has 0 fully saturated rings. The molecule has 2 aromatic rings. The van der Waals surface area contributed by atoms with Crippen LogP contribution in [0.4, 0.5) is 5.69 Å². The highest BCUT2D eigenvalue weighted by atomic mass is 16.5. The zero-order valence-corrected chi connectivity index (χ0v) is 12.5. The summed E-state index contributed by atoms with van der Waals surface area (Å²) in [5.41, 5.74) is 4.70. The maximum Gasteiger partial charge on any atom is 0.124 e. The highest BCUT2D eigenvalue weighted by molar-refractivity contribution is 5.50. The minimum Gasteiger partial charge on any atom is -0.497 e. The lowest BCUT2D eigenvalue weighted by Crippen LogP contribution is -2.02. The molecule has 3 nitrogen and oxygen atoms in total. The Morgan fingerprint density at radius 3 is 2.20 bits per heavy atom. The average Bonchev–Trinajstić information content (AvgIpc) is 2.43. The molecule has 3 heteroatoms. The van der Waals surface area contributed by atoms with E-state index in [1.54, 1.807) is 14.2 Å². The summed E-state index contributed by atoms with van der Waals surface area (Å²) >= 11 is 0. The van der Waals surface area contributed by atoms with Crippen LogP contribution in [-0.4, -0.2) is 14.2 Å². The summed E-state index contributed by atoms with van der Waals surface area (Å²) in [7, 11) is 3.35. The van der Waals surface area contributed by atoms with Crippen LogP contribution >= 0.6 is 0 Å². The fourth-order valence-corrected chi connectivity index (χ4v) is 2.29. The van der Waals surface area contributed by atoms with Crippen molar-refractivity contribution < 1.29 is 9.47 Å². The maximum atomic E-state index is 5.39. The van der Waals surface area contributed by atoms with E-state index in [2.05, 4.69) is 37.4 Å². The topological polar surface area (TPSA) is 30.5 Å². The number of anilines is 1. The van der Waals surface area contributed by atoms with Crippen LogP contribution in [0, 0.1) is 13.8 Å². The number of methoxy groups -OCH3 is 2. The van der Waals surface area contributed by atoms with E-state index in [0.717, 1.165) is 22.7 Å². The van der Waals surface area contributed by atoms with Crippen LogP contribution in [0.15, 0.2) is 36.4 Å². The minimum absolute atomic E-state index is 0.698. The summed E-state index contributed by atoms with van der Waals surface area (Å²) in [4.78, 5) is 0. The predicted molar refractivity (Wildman–Crippen MR) is 82.8 cm³/mol. The molecular formula is C17H21NO2. The Balaban J connectivity index is 2.17. The average molecular weight is 271 g/mol. The molecule has 0 spiro atoms. The van der Waals surface area contributed by atoms with Crippen molar-refractivity contribution in [3.05, 3.63) is 53.1 Å². The first kappa shape index (κ1) is 14.3. The monoisotopic (exact) mass is 271 g/mol. The molecule has 20 heavy (non-hydrogen) atoms. The third kappa shape index (κ3) is 3.44. The first-order valence-corrected chi connectivity index (χ1v) is 6.65. The van der Waals surface area contributed by atoms with Crippen LogP contribution in [0.3, 0.4) is 0 Å². The molecule has 106 valence electrons. The quantitative estimate of drug-likeness (QED) is 0.893. The lowest BCUT2D eigenvalue weighted by atomic mass is 10.1. The first-order chi connectivity index (χ1) is 9.62. The van der Waals surface area contributed by atoms with Crippen molar-refractivity contribution in [2.75, 3.05) is 19.5 Å². The van der Waals surface area contributed by atoms with Crippen molar-refractivity contribution in [1.29, 1.82) is 0 Å². The minimum atomic E-state index is 0.698. The van der Waals surface area contributed by atoms with Crippen LogP contribution in [0.1, 0.15) is 16.7 Å². The largest absolute Gasteiger partial charge is 0.497 e. The Morgan fingerprint density at radius 1 is 0.900 bits per heavy atom. The van der Waals surface area contributed by atoms with Gasteiger partial charge in [-0.3, -0.25) is 0 Å². The van der Waals surface area contributed by atoms with Gasteiger partial charge in [0.05, 0.1) is 14.2 Å². The van der Waals surface area contributed by atoms with Crippen LogP contribution in [0.5, 0.6) is 11.5 Å². The standard InChI is InChI=1S/C17H21NO2/c1-12-7-13(2)9-15(8-12)18-11-14-10-16(19-3)5-6-17(14)20-4/h5-10,18H,11H2,1-4H3. The van der Waals surface area contributed by atoms with E-state index < -0.39 is 0 Å². The second-order valence-electron chi connectivity index (χ2n) is 4.91. The van der Waals surface area contributed by atoms with Gasteiger partial charge < -0.3 is 14.8 Å². The summed E-state index contributed by atoms with van der Waals surface area (Å²) in [5.74, 6) is 1.70. The Hall–Kier alpha value is -2.16. The molecule has 1 N–H and O–H groups in total. The van der Waals surface area contributed by atoms with Crippen molar-refractivity contribution >= 4 is 5.69 Å². The van der Waals surface area contributed by atoms with Gasteiger partial charge in [0, 0.05) is 17.8 Å². The Bertz CT molecular complexity index is 573. The molecule has 0 saturated heterocycles. The van der Waals surface area contributed by atoms with E-state index in [-0.39, 0.29) is 0 Å². The van der Waals surface area contributed by atoms with Crippen molar-refractivity contribution in [1.82, 2.24) is 0 Å². The number of aryl methyl sites for hydroxylation is 2. The van der Waals surface area contributed by atoms with Gasteiger partial charge in [0.2, 0.25) is 0 Å². The molecule has 0 unspecified atom stereocenters. The van der Waals surface area contributed by atoms with Gasteiger partial charge in [-0.2, -0.15) is 0 Å². The van der Waals surface area contributed by atoms with Gasteiger partial charge in [0.1, 0.15) is 11.5 Å². The van der Waals surface area contributed by atoms with Crippen molar-refractivity contribution in [3.63, 3.8) is 0 Å². The molecule has 0 radical (unpaired) electrons. The van der Waals surface area contributed by atoms with Gasteiger partial charge in [0.15, 0.2) is 0 Å². The number of hydrogen-bond acceptors (Lipinski definition) is 3. The first-order valence-electron chi connectivity index (χ1n) is 6.65. The summed E-state index contributed by atoms with van der Waals surface area (Å²) in [5, 5.41) is 3.43. The molecule has 0 aliphatic heterocycles. The number of rotatable bonds is 5. The number of hydrogen-bond donors (Lipinski definition) is 1. The fraction of sp³-hybridized carbons (Fsp3) is 0.294. The zero-order valence-electron chi connectivity index (χ0n) is 12.5. The Morgan fingerprint density at radius 2 is 1.60 bits per heavy atom. The van der Waals surface area contributed by atoms with E-state index >= 15 is 0 Å². The van der Waals surface area contributed by atoms with Crippen molar-refractivity contribution in [2.24, 2.45) is 0 Å². The molecule has 0 heterocycles. The highest BCUT2D eigenvalue weighted by Crippen LogP contribution is 2.25.